The van der Waals surface area contributed by atoms with Gasteiger partial charge in [0.15, 0.2) is 0 Å². The first-order valence-corrected chi connectivity index (χ1v) is 9.12. The van der Waals surface area contributed by atoms with E-state index in [2.05, 4.69) is 5.32 Å². The number of amides is 1. The Morgan fingerprint density at radius 3 is 2.57 bits per heavy atom. The molecule has 7 nitrogen and oxygen atoms in total. The lowest BCUT2D eigenvalue weighted by Crippen LogP contribution is -2.48. The minimum Gasteiger partial charge on any atom is -0.363 e. The maximum Gasteiger partial charge on any atom is 0.292 e. The highest BCUT2D eigenvalue weighted by Crippen LogP contribution is 2.29. The van der Waals surface area contributed by atoms with Crippen molar-refractivity contribution in [3.05, 3.63) is 63.5 Å². The summed E-state index contributed by atoms with van der Waals surface area (Å²) in [6.45, 7) is 6.31. The molecule has 1 fully saturated rings. The van der Waals surface area contributed by atoms with Crippen molar-refractivity contribution >= 4 is 23.0 Å². The number of carbonyl (C=O) groups is 1. The number of nitro groups is 1. The van der Waals surface area contributed by atoms with Crippen LogP contribution in [0.15, 0.2) is 36.4 Å². The summed E-state index contributed by atoms with van der Waals surface area (Å²) in [7, 11) is 0. The molecule has 0 spiro atoms. The van der Waals surface area contributed by atoms with Crippen molar-refractivity contribution < 1.29 is 14.1 Å². The Labute approximate surface area is 162 Å². The second-order valence-electron chi connectivity index (χ2n) is 6.95. The lowest BCUT2D eigenvalue weighted by atomic mass is 10.1. The van der Waals surface area contributed by atoms with Crippen LogP contribution in [0, 0.1) is 29.8 Å². The van der Waals surface area contributed by atoms with Crippen LogP contribution in [0.4, 0.5) is 21.5 Å². The fourth-order valence-electron chi connectivity index (χ4n) is 3.33. The van der Waals surface area contributed by atoms with Gasteiger partial charge in [0.05, 0.1) is 11.5 Å². The van der Waals surface area contributed by atoms with Crippen molar-refractivity contribution in [2.24, 2.45) is 0 Å². The molecule has 0 atom stereocenters. The lowest BCUT2D eigenvalue weighted by molar-refractivity contribution is -0.384. The number of nitro benzene ring substituents is 1. The molecule has 3 rings (SSSR count). The fraction of sp³-hybridized carbons (Fsp3) is 0.350. The molecule has 148 valence electrons. The van der Waals surface area contributed by atoms with Gasteiger partial charge in [-0.05, 0) is 37.1 Å². The van der Waals surface area contributed by atoms with E-state index in [1.54, 1.807) is 4.90 Å². The molecule has 0 saturated carbocycles. The Kier molecular flexibility index (Phi) is 5.89. The van der Waals surface area contributed by atoms with E-state index in [0.29, 0.717) is 26.2 Å². The van der Waals surface area contributed by atoms with Gasteiger partial charge in [-0.3, -0.25) is 19.8 Å². The largest absolute Gasteiger partial charge is 0.363 e. The number of carbonyl (C=O) groups excluding carboxylic acids is 1. The van der Waals surface area contributed by atoms with E-state index in [9.17, 15) is 19.3 Å². The molecule has 1 heterocycles. The molecule has 0 aliphatic carbocycles. The van der Waals surface area contributed by atoms with Crippen molar-refractivity contribution in [1.82, 2.24) is 4.90 Å². The van der Waals surface area contributed by atoms with Crippen molar-refractivity contribution in [1.29, 1.82) is 0 Å². The first-order valence-electron chi connectivity index (χ1n) is 9.12. The Balaban J connectivity index is 1.59. The summed E-state index contributed by atoms with van der Waals surface area (Å²) in [5.41, 5.74) is 3.13. The first-order chi connectivity index (χ1) is 13.3. The van der Waals surface area contributed by atoms with Crippen molar-refractivity contribution in [3.8, 4) is 0 Å². The number of piperazine rings is 1. The summed E-state index contributed by atoms with van der Waals surface area (Å²) in [5, 5.41) is 14.1. The van der Waals surface area contributed by atoms with Gasteiger partial charge in [-0.2, -0.15) is 0 Å². The predicted octanol–water partition coefficient (Wildman–Crippen LogP) is 3.11. The maximum absolute atomic E-state index is 13.6. The Morgan fingerprint density at radius 2 is 1.89 bits per heavy atom. The predicted molar refractivity (Wildman–Crippen MR) is 106 cm³/mol. The van der Waals surface area contributed by atoms with Crippen molar-refractivity contribution in [3.63, 3.8) is 0 Å². The molecule has 0 bridgehead atoms. The molecule has 1 amide bonds. The normalized spacial score (nSPS) is 14.8. The summed E-state index contributed by atoms with van der Waals surface area (Å²) in [6.07, 6.45) is 0. The van der Waals surface area contributed by atoms with E-state index < -0.39 is 10.7 Å². The van der Waals surface area contributed by atoms with Gasteiger partial charge < -0.3 is 10.2 Å². The third-order valence-electron chi connectivity index (χ3n) is 5.09. The number of nitrogens with zero attached hydrogens (tertiary/aromatic N) is 3. The molecule has 2 aromatic rings. The molecule has 1 aliphatic heterocycles. The molecule has 28 heavy (non-hydrogen) atoms. The Hall–Kier alpha value is -3.00. The lowest BCUT2D eigenvalue weighted by Gasteiger charge is -2.35. The number of nitrogens with one attached hydrogen (secondary N) is 1. The summed E-state index contributed by atoms with van der Waals surface area (Å²) < 4.78 is 13.6. The standard InChI is InChI=1S/C20H23FN4O3/c1-14-4-3-5-17(15(14)2)22-20(26)13-23-8-10-24(11-9-23)19-12-16(21)6-7-18(19)25(27)28/h3-7,12H,8-11,13H2,1-2H3,(H,22,26). The van der Waals surface area contributed by atoms with E-state index in [1.807, 2.05) is 36.9 Å². The second kappa shape index (κ2) is 8.35. The van der Waals surface area contributed by atoms with Crippen LogP contribution in [0.25, 0.3) is 0 Å². The van der Waals surface area contributed by atoms with Gasteiger partial charge in [0.1, 0.15) is 11.5 Å². The zero-order valence-corrected chi connectivity index (χ0v) is 15.9. The first kappa shape index (κ1) is 19.8. The smallest absolute Gasteiger partial charge is 0.292 e. The van der Waals surface area contributed by atoms with E-state index in [0.717, 1.165) is 22.9 Å². The Morgan fingerprint density at radius 1 is 1.18 bits per heavy atom. The van der Waals surface area contributed by atoms with Crippen LogP contribution in [0.5, 0.6) is 0 Å². The van der Waals surface area contributed by atoms with Gasteiger partial charge in [-0.25, -0.2) is 4.39 Å². The SMILES string of the molecule is Cc1cccc(NC(=O)CN2CCN(c3cc(F)ccc3[N+](=O)[O-])CC2)c1C. The number of benzene rings is 2. The van der Waals surface area contributed by atoms with E-state index >= 15 is 0 Å². The van der Waals surface area contributed by atoms with Crippen molar-refractivity contribution in [2.45, 2.75) is 13.8 Å². The van der Waals surface area contributed by atoms with Crippen LogP contribution in [-0.2, 0) is 4.79 Å². The van der Waals surface area contributed by atoms with E-state index in [1.165, 1.54) is 12.1 Å². The van der Waals surface area contributed by atoms with Crippen LogP contribution in [0.1, 0.15) is 11.1 Å². The average molecular weight is 386 g/mol. The van der Waals surface area contributed by atoms with Crippen LogP contribution in [0.2, 0.25) is 0 Å². The molecule has 0 radical (unpaired) electrons. The minimum absolute atomic E-state index is 0.0983. The summed E-state index contributed by atoms with van der Waals surface area (Å²) >= 11 is 0. The van der Waals surface area contributed by atoms with Crippen LogP contribution < -0.4 is 10.2 Å². The molecule has 1 aliphatic rings. The summed E-state index contributed by atoms with van der Waals surface area (Å²) in [6, 6.07) is 9.25. The monoisotopic (exact) mass is 386 g/mol. The van der Waals surface area contributed by atoms with Gasteiger partial charge in [0.2, 0.25) is 5.91 Å². The Bertz CT molecular complexity index is 895. The van der Waals surface area contributed by atoms with E-state index in [4.69, 9.17) is 0 Å². The number of anilines is 2. The zero-order chi connectivity index (χ0) is 20.3. The quantitative estimate of drug-likeness (QED) is 0.631. The molecule has 1 N–H and O–H groups in total. The topological polar surface area (TPSA) is 78.7 Å². The number of rotatable bonds is 5. The minimum atomic E-state index is -0.504. The average Bonchev–Trinajstić information content (AvgIpc) is 2.66. The molecule has 8 heteroatoms. The van der Waals surface area contributed by atoms with Gasteiger partial charge in [0, 0.05) is 44.0 Å². The maximum atomic E-state index is 13.6. The molecule has 0 unspecified atom stereocenters. The van der Waals surface area contributed by atoms with Gasteiger partial charge in [0.25, 0.3) is 5.69 Å². The van der Waals surface area contributed by atoms with Gasteiger partial charge in [-0.15, -0.1) is 0 Å². The van der Waals surface area contributed by atoms with Crippen LogP contribution in [-0.4, -0.2) is 48.5 Å². The van der Waals surface area contributed by atoms with E-state index in [-0.39, 0.29) is 23.8 Å². The van der Waals surface area contributed by atoms with Crippen molar-refractivity contribution in [2.75, 3.05) is 42.9 Å². The highest BCUT2D eigenvalue weighted by molar-refractivity contribution is 5.93. The summed E-state index contributed by atoms with van der Waals surface area (Å²) in [4.78, 5) is 26.9. The molecule has 1 saturated heterocycles. The van der Waals surface area contributed by atoms with Crippen LogP contribution in [0.3, 0.4) is 0 Å². The highest BCUT2D eigenvalue weighted by Gasteiger charge is 2.25. The van der Waals surface area contributed by atoms with Gasteiger partial charge in [-0.1, -0.05) is 12.1 Å². The van der Waals surface area contributed by atoms with Crippen LogP contribution >= 0.6 is 0 Å². The number of hydrogen-bond donors (Lipinski definition) is 1. The second-order valence-corrected chi connectivity index (χ2v) is 6.95. The molecular weight excluding hydrogens is 363 g/mol. The number of hydrogen-bond acceptors (Lipinski definition) is 5. The highest BCUT2D eigenvalue weighted by atomic mass is 19.1. The molecular formula is C20H23FN4O3. The number of halogens is 1. The zero-order valence-electron chi connectivity index (χ0n) is 15.9. The third kappa shape index (κ3) is 4.45. The molecule has 2 aromatic carbocycles. The summed E-state index contributed by atoms with van der Waals surface area (Å²) in [5.74, 6) is -0.602. The number of aryl methyl sites for hydroxylation is 1. The fourth-order valence-corrected chi connectivity index (χ4v) is 3.33. The van der Waals surface area contributed by atoms with Gasteiger partial charge >= 0.3 is 0 Å². The molecule has 0 aromatic heterocycles. The third-order valence-corrected chi connectivity index (χ3v) is 5.09.